The summed E-state index contributed by atoms with van der Waals surface area (Å²) in [5.41, 5.74) is 3.91. The molecule has 2 aromatic rings. The fourth-order valence-electron chi connectivity index (χ4n) is 3.61. The van der Waals surface area contributed by atoms with Gasteiger partial charge < -0.3 is 10.1 Å². The van der Waals surface area contributed by atoms with Crippen LogP contribution in [0.5, 0.6) is 0 Å². The molecule has 2 nitrogen and oxygen atoms in total. The molecule has 0 aromatic heterocycles. The van der Waals surface area contributed by atoms with Crippen molar-refractivity contribution < 1.29 is 4.74 Å². The van der Waals surface area contributed by atoms with Crippen LogP contribution < -0.4 is 5.32 Å². The van der Waals surface area contributed by atoms with Crippen molar-refractivity contribution >= 4 is 5.69 Å². The molecule has 2 aliphatic rings. The second-order valence-electron chi connectivity index (χ2n) is 5.72. The molecule has 0 aliphatic carbocycles. The lowest BCUT2D eigenvalue weighted by Gasteiger charge is -2.43. The highest BCUT2D eigenvalue weighted by Crippen LogP contribution is 2.48. The zero-order chi connectivity index (χ0) is 13.4. The summed E-state index contributed by atoms with van der Waals surface area (Å²) in [6, 6.07) is 19.7. The summed E-state index contributed by atoms with van der Waals surface area (Å²) in [4.78, 5) is 0. The Bertz CT molecular complexity index is 595. The first-order chi connectivity index (χ1) is 9.93. The predicted molar refractivity (Wildman–Crippen MR) is 80.7 cm³/mol. The van der Waals surface area contributed by atoms with Crippen LogP contribution >= 0.6 is 0 Å². The third kappa shape index (κ3) is 1.92. The second-order valence-corrected chi connectivity index (χ2v) is 5.72. The maximum absolute atomic E-state index is 6.12. The van der Waals surface area contributed by atoms with Crippen molar-refractivity contribution in [2.45, 2.75) is 25.0 Å². The van der Waals surface area contributed by atoms with E-state index in [0.717, 1.165) is 13.0 Å². The molecular formula is C18H19NO. The summed E-state index contributed by atoms with van der Waals surface area (Å²) in [5.74, 6) is 0.529. The van der Waals surface area contributed by atoms with Crippen LogP contribution in [0.1, 0.15) is 36.1 Å². The van der Waals surface area contributed by atoms with Crippen molar-refractivity contribution in [3.63, 3.8) is 0 Å². The Kier molecular flexibility index (Phi) is 2.96. The van der Waals surface area contributed by atoms with Crippen molar-refractivity contribution in [1.82, 2.24) is 0 Å². The molecule has 3 atom stereocenters. The van der Waals surface area contributed by atoms with Crippen molar-refractivity contribution in [3.05, 3.63) is 65.7 Å². The van der Waals surface area contributed by atoms with Crippen LogP contribution in [0.4, 0.5) is 5.69 Å². The molecule has 1 saturated heterocycles. The Morgan fingerprint density at radius 3 is 2.65 bits per heavy atom. The largest absolute Gasteiger partial charge is 0.378 e. The number of para-hydroxylation sites is 1. The molecule has 1 fully saturated rings. The molecule has 2 heteroatoms. The molecule has 4 rings (SSSR count). The number of anilines is 1. The van der Waals surface area contributed by atoms with E-state index in [0.29, 0.717) is 12.0 Å². The van der Waals surface area contributed by atoms with Crippen molar-refractivity contribution in [1.29, 1.82) is 0 Å². The second kappa shape index (κ2) is 4.95. The van der Waals surface area contributed by atoms with Gasteiger partial charge in [-0.05, 0) is 24.5 Å². The van der Waals surface area contributed by atoms with Gasteiger partial charge in [-0.1, -0.05) is 48.5 Å². The van der Waals surface area contributed by atoms with E-state index in [-0.39, 0.29) is 6.10 Å². The van der Waals surface area contributed by atoms with E-state index < -0.39 is 0 Å². The van der Waals surface area contributed by atoms with Crippen molar-refractivity contribution in [2.24, 2.45) is 5.92 Å². The van der Waals surface area contributed by atoms with E-state index in [1.54, 1.807) is 0 Å². The van der Waals surface area contributed by atoms with E-state index in [2.05, 4.69) is 59.9 Å². The molecule has 2 aliphatic heterocycles. The van der Waals surface area contributed by atoms with Crippen LogP contribution in [-0.2, 0) is 4.74 Å². The maximum atomic E-state index is 6.12. The highest BCUT2D eigenvalue weighted by molar-refractivity contribution is 5.57. The molecule has 2 heterocycles. The van der Waals surface area contributed by atoms with Gasteiger partial charge in [-0.25, -0.2) is 0 Å². The number of hydrogen-bond donors (Lipinski definition) is 1. The first kappa shape index (κ1) is 12.0. The van der Waals surface area contributed by atoms with E-state index in [1.807, 2.05) is 0 Å². The Hall–Kier alpha value is -1.80. The van der Waals surface area contributed by atoms with Gasteiger partial charge in [-0.2, -0.15) is 0 Å². The lowest BCUT2D eigenvalue weighted by atomic mass is 9.77. The molecule has 0 amide bonds. The normalized spacial score (nSPS) is 28.1. The Labute approximate surface area is 119 Å². The molecule has 0 radical (unpaired) electrons. The zero-order valence-corrected chi connectivity index (χ0v) is 11.5. The monoisotopic (exact) mass is 265 g/mol. The summed E-state index contributed by atoms with van der Waals surface area (Å²) in [6.07, 6.45) is 2.63. The minimum absolute atomic E-state index is 0.242. The van der Waals surface area contributed by atoms with E-state index in [4.69, 9.17) is 4.74 Å². The summed E-state index contributed by atoms with van der Waals surface area (Å²) in [5, 5.41) is 3.73. The first-order valence-electron chi connectivity index (χ1n) is 7.45. The number of benzene rings is 2. The summed E-state index contributed by atoms with van der Waals surface area (Å²) >= 11 is 0. The number of fused-ring (bicyclic) bond motifs is 3. The van der Waals surface area contributed by atoms with Gasteiger partial charge in [0.2, 0.25) is 0 Å². The van der Waals surface area contributed by atoms with Crippen LogP contribution in [0.15, 0.2) is 54.6 Å². The van der Waals surface area contributed by atoms with E-state index in [1.165, 1.54) is 23.2 Å². The predicted octanol–water partition coefficient (Wildman–Crippen LogP) is 4.32. The Morgan fingerprint density at radius 1 is 0.950 bits per heavy atom. The average molecular weight is 265 g/mol. The minimum Gasteiger partial charge on any atom is -0.378 e. The lowest BCUT2D eigenvalue weighted by molar-refractivity contribution is -0.0381. The molecule has 0 unspecified atom stereocenters. The lowest BCUT2D eigenvalue weighted by Crippen LogP contribution is -2.35. The molecular weight excluding hydrogens is 246 g/mol. The number of nitrogens with one attached hydrogen (secondary N) is 1. The molecule has 0 saturated carbocycles. The number of rotatable bonds is 1. The molecule has 0 bridgehead atoms. The fraction of sp³-hybridized carbons (Fsp3) is 0.333. The Balaban J connectivity index is 1.78. The first-order valence-corrected chi connectivity index (χ1v) is 7.45. The molecule has 1 N–H and O–H groups in total. The van der Waals surface area contributed by atoms with Gasteiger partial charge in [0.05, 0.1) is 12.1 Å². The third-order valence-electron chi connectivity index (χ3n) is 4.53. The average Bonchev–Trinajstić information content (AvgIpc) is 2.55. The van der Waals surface area contributed by atoms with Gasteiger partial charge >= 0.3 is 0 Å². The quantitative estimate of drug-likeness (QED) is 0.829. The van der Waals surface area contributed by atoms with E-state index in [9.17, 15) is 0 Å². The van der Waals surface area contributed by atoms with Gasteiger partial charge in [0.15, 0.2) is 0 Å². The van der Waals surface area contributed by atoms with Gasteiger partial charge in [0.25, 0.3) is 0 Å². The summed E-state index contributed by atoms with van der Waals surface area (Å²) in [6.45, 7) is 0.886. The van der Waals surface area contributed by atoms with Crippen LogP contribution in [0, 0.1) is 5.92 Å². The van der Waals surface area contributed by atoms with Gasteiger partial charge in [0, 0.05) is 23.8 Å². The van der Waals surface area contributed by atoms with Gasteiger partial charge in [-0.15, -0.1) is 0 Å². The van der Waals surface area contributed by atoms with Crippen molar-refractivity contribution in [2.75, 3.05) is 11.9 Å². The van der Waals surface area contributed by atoms with E-state index >= 15 is 0 Å². The Morgan fingerprint density at radius 2 is 1.75 bits per heavy atom. The highest BCUT2D eigenvalue weighted by Gasteiger charge is 2.39. The van der Waals surface area contributed by atoms with Gasteiger partial charge in [-0.3, -0.25) is 0 Å². The van der Waals surface area contributed by atoms with Crippen LogP contribution in [0.3, 0.4) is 0 Å². The van der Waals surface area contributed by atoms with Crippen LogP contribution in [0.25, 0.3) is 0 Å². The molecule has 2 aromatic carbocycles. The highest BCUT2D eigenvalue weighted by atomic mass is 16.5. The summed E-state index contributed by atoms with van der Waals surface area (Å²) in [7, 11) is 0. The minimum atomic E-state index is 0.242. The van der Waals surface area contributed by atoms with Crippen molar-refractivity contribution in [3.8, 4) is 0 Å². The molecule has 0 spiro atoms. The third-order valence-corrected chi connectivity index (χ3v) is 4.53. The zero-order valence-electron chi connectivity index (χ0n) is 11.5. The van der Waals surface area contributed by atoms with Gasteiger partial charge in [0.1, 0.15) is 0 Å². The fourth-order valence-corrected chi connectivity index (χ4v) is 3.61. The molecule has 102 valence electrons. The number of hydrogen-bond acceptors (Lipinski definition) is 2. The smallest absolute Gasteiger partial charge is 0.0895 e. The summed E-state index contributed by atoms with van der Waals surface area (Å²) < 4.78 is 6.12. The van der Waals surface area contributed by atoms with Crippen LogP contribution in [-0.4, -0.2) is 6.61 Å². The topological polar surface area (TPSA) is 21.3 Å². The van der Waals surface area contributed by atoms with Crippen LogP contribution in [0.2, 0.25) is 0 Å². The molecule has 20 heavy (non-hydrogen) atoms. The SMILES string of the molecule is c1ccc([C@@H]2Nc3ccccc3[C@@H]3OCCC[C@@H]23)cc1. The number of ether oxygens (including phenoxy) is 1. The standard InChI is InChI=1S/C18H19NO/c1-2-7-13(8-3-1)17-15-10-6-12-20-18(15)14-9-4-5-11-16(14)19-17/h1-5,7-9,11,15,17-19H,6,10,12H2/t15-,17-,18-/m0/s1. The maximum Gasteiger partial charge on any atom is 0.0895 e.